The Morgan fingerprint density at radius 2 is 2.15 bits per heavy atom. The maximum atomic E-state index is 5.75. The van der Waals surface area contributed by atoms with Crippen LogP contribution >= 0.6 is 12.4 Å². The number of halogens is 1. The summed E-state index contributed by atoms with van der Waals surface area (Å²) in [5.41, 5.74) is -0.129. The van der Waals surface area contributed by atoms with Gasteiger partial charge in [-0.1, -0.05) is 0 Å². The molecule has 2 saturated heterocycles. The van der Waals surface area contributed by atoms with Gasteiger partial charge in [-0.25, -0.2) is 0 Å². The van der Waals surface area contributed by atoms with E-state index in [2.05, 4.69) is 19.2 Å². The first kappa shape index (κ1) is 11.2. The second kappa shape index (κ2) is 4.13. The van der Waals surface area contributed by atoms with Gasteiger partial charge < -0.3 is 9.47 Å². The molecule has 0 saturated carbocycles. The van der Waals surface area contributed by atoms with Crippen molar-refractivity contribution in [3.05, 3.63) is 0 Å². The van der Waals surface area contributed by atoms with Gasteiger partial charge in [0.05, 0.1) is 13.2 Å². The van der Waals surface area contributed by atoms with E-state index in [1.54, 1.807) is 0 Å². The van der Waals surface area contributed by atoms with E-state index in [1.165, 1.54) is 0 Å². The Kier molecular flexibility index (Phi) is 3.57. The van der Waals surface area contributed by atoms with Crippen molar-refractivity contribution in [2.75, 3.05) is 19.8 Å². The van der Waals surface area contributed by atoms with Gasteiger partial charge in [0, 0.05) is 18.6 Å². The minimum Gasteiger partial charge on any atom is -0.381 e. The van der Waals surface area contributed by atoms with Crippen LogP contribution in [0.25, 0.3) is 0 Å². The first-order chi connectivity index (χ1) is 5.71. The van der Waals surface area contributed by atoms with Gasteiger partial charge in [0.2, 0.25) is 0 Å². The Morgan fingerprint density at radius 1 is 1.38 bits per heavy atom. The zero-order valence-corrected chi connectivity index (χ0v) is 9.02. The monoisotopic (exact) mass is 207 g/mol. The normalized spacial score (nSPS) is 44.8. The molecule has 0 aromatic rings. The summed E-state index contributed by atoms with van der Waals surface area (Å²) >= 11 is 0. The number of hydrogen-bond acceptors (Lipinski definition) is 3. The van der Waals surface area contributed by atoms with Crippen molar-refractivity contribution < 1.29 is 9.47 Å². The van der Waals surface area contributed by atoms with Crippen LogP contribution in [-0.2, 0) is 9.47 Å². The van der Waals surface area contributed by atoms with E-state index in [1.807, 2.05) is 0 Å². The summed E-state index contributed by atoms with van der Waals surface area (Å²) < 4.78 is 11.1. The van der Waals surface area contributed by atoms with E-state index >= 15 is 0 Å². The number of nitrogens with one attached hydrogen (secondary N) is 1. The highest BCUT2D eigenvalue weighted by molar-refractivity contribution is 5.85. The molecule has 2 heterocycles. The highest BCUT2D eigenvalue weighted by Gasteiger charge is 2.42. The molecular weight excluding hydrogens is 190 g/mol. The van der Waals surface area contributed by atoms with Gasteiger partial charge in [0.1, 0.15) is 5.72 Å². The fourth-order valence-corrected chi connectivity index (χ4v) is 2.08. The average Bonchev–Trinajstić information content (AvgIpc) is 2.59. The Morgan fingerprint density at radius 3 is 2.62 bits per heavy atom. The second-order valence-electron chi connectivity index (χ2n) is 4.02. The average molecular weight is 208 g/mol. The molecule has 0 aliphatic carbocycles. The zero-order valence-electron chi connectivity index (χ0n) is 8.21. The minimum absolute atomic E-state index is 0. The standard InChI is InChI=1S/C9H17NO2.ClH/c1-7-5-12-9(2,10-7)8-3-4-11-6-8;/h7-8,10H,3-6H2,1-2H3;1H. The molecule has 1 N–H and O–H groups in total. The predicted molar refractivity (Wildman–Crippen MR) is 53.1 cm³/mol. The molecule has 2 aliphatic heterocycles. The van der Waals surface area contributed by atoms with Crippen LogP contribution < -0.4 is 5.32 Å². The predicted octanol–water partition coefficient (Wildman–Crippen LogP) is 1.17. The molecule has 0 aromatic heterocycles. The van der Waals surface area contributed by atoms with Crippen LogP contribution in [0.4, 0.5) is 0 Å². The van der Waals surface area contributed by atoms with Gasteiger partial charge in [-0.15, -0.1) is 12.4 Å². The molecule has 78 valence electrons. The number of hydrogen-bond donors (Lipinski definition) is 1. The maximum Gasteiger partial charge on any atom is 0.121 e. The summed E-state index contributed by atoms with van der Waals surface area (Å²) in [6.45, 7) is 6.85. The van der Waals surface area contributed by atoms with Crippen molar-refractivity contribution in [2.24, 2.45) is 5.92 Å². The van der Waals surface area contributed by atoms with Crippen molar-refractivity contribution in [3.8, 4) is 0 Å². The van der Waals surface area contributed by atoms with E-state index in [-0.39, 0.29) is 18.1 Å². The molecule has 0 aromatic carbocycles. The number of rotatable bonds is 1. The minimum atomic E-state index is -0.129. The molecule has 0 spiro atoms. The number of ether oxygens (including phenoxy) is 2. The molecule has 4 heteroatoms. The van der Waals surface area contributed by atoms with E-state index < -0.39 is 0 Å². The van der Waals surface area contributed by atoms with E-state index in [0.717, 1.165) is 26.2 Å². The Hall–Kier alpha value is 0.170. The smallest absolute Gasteiger partial charge is 0.121 e. The van der Waals surface area contributed by atoms with Crippen molar-refractivity contribution >= 4 is 12.4 Å². The summed E-state index contributed by atoms with van der Waals surface area (Å²) in [6.07, 6.45) is 1.12. The van der Waals surface area contributed by atoms with Gasteiger partial charge in [-0.2, -0.15) is 0 Å². The third-order valence-corrected chi connectivity index (χ3v) is 2.87. The third kappa shape index (κ3) is 2.15. The van der Waals surface area contributed by atoms with Crippen LogP contribution in [0.3, 0.4) is 0 Å². The Balaban J connectivity index is 0.000000845. The van der Waals surface area contributed by atoms with Gasteiger partial charge >= 0.3 is 0 Å². The largest absolute Gasteiger partial charge is 0.381 e. The summed E-state index contributed by atoms with van der Waals surface area (Å²) in [6, 6.07) is 0.482. The summed E-state index contributed by atoms with van der Waals surface area (Å²) in [7, 11) is 0. The van der Waals surface area contributed by atoms with Crippen LogP contribution in [0.1, 0.15) is 20.3 Å². The van der Waals surface area contributed by atoms with Gasteiger partial charge in [-0.05, 0) is 20.3 Å². The van der Waals surface area contributed by atoms with E-state index in [9.17, 15) is 0 Å². The summed E-state index contributed by atoms with van der Waals surface area (Å²) in [5, 5.41) is 3.47. The topological polar surface area (TPSA) is 30.5 Å². The van der Waals surface area contributed by atoms with Gasteiger partial charge in [0.15, 0.2) is 0 Å². The summed E-state index contributed by atoms with van der Waals surface area (Å²) in [4.78, 5) is 0. The third-order valence-electron chi connectivity index (χ3n) is 2.87. The maximum absolute atomic E-state index is 5.75. The van der Waals surface area contributed by atoms with Crippen LogP contribution in [0.15, 0.2) is 0 Å². The molecule has 0 radical (unpaired) electrons. The quantitative estimate of drug-likeness (QED) is 0.700. The van der Waals surface area contributed by atoms with Crippen LogP contribution in [0, 0.1) is 5.92 Å². The first-order valence-corrected chi connectivity index (χ1v) is 4.70. The fraction of sp³-hybridized carbons (Fsp3) is 1.00. The lowest BCUT2D eigenvalue weighted by molar-refractivity contribution is -0.0446. The molecular formula is C9H18ClNO2. The molecule has 2 aliphatic rings. The van der Waals surface area contributed by atoms with Gasteiger partial charge in [0.25, 0.3) is 0 Å². The lowest BCUT2D eigenvalue weighted by Crippen LogP contribution is -2.47. The lowest BCUT2D eigenvalue weighted by atomic mass is 9.97. The van der Waals surface area contributed by atoms with Crippen LogP contribution in [-0.4, -0.2) is 31.6 Å². The molecule has 3 unspecified atom stereocenters. The van der Waals surface area contributed by atoms with E-state index in [4.69, 9.17) is 9.47 Å². The highest BCUT2D eigenvalue weighted by atomic mass is 35.5. The molecule has 13 heavy (non-hydrogen) atoms. The fourth-order valence-electron chi connectivity index (χ4n) is 2.08. The summed E-state index contributed by atoms with van der Waals surface area (Å²) in [5.74, 6) is 0.530. The second-order valence-corrected chi connectivity index (χ2v) is 4.02. The molecule has 0 bridgehead atoms. The molecule has 2 fully saturated rings. The lowest BCUT2D eigenvalue weighted by Gasteiger charge is -2.29. The SMILES string of the molecule is CC1COC(C)(C2CCOC2)N1.Cl. The Bertz CT molecular complexity index is 173. The van der Waals surface area contributed by atoms with Crippen molar-refractivity contribution in [1.29, 1.82) is 0 Å². The van der Waals surface area contributed by atoms with Crippen molar-refractivity contribution in [1.82, 2.24) is 5.32 Å². The molecule has 3 nitrogen and oxygen atoms in total. The van der Waals surface area contributed by atoms with Crippen molar-refractivity contribution in [3.63, 3.8) is 0 Å². The van der Waals surface area contributed by atoms with Crippen LogP contribution in [0.5, 0.6) is 0 Å². The highest BCUT2D eigenvalue weighted by Crippen LogP contribution is 2.30. The van der Waals surface area contributed by atoms with Crippen LogP contribution in [0.2, 0.25) is 0 Å². The zero-order chi connectivity index (χ0) is 8.60. The molecule has 3 atom stereocenters. The first-order valence-electron chi connectivity index (χ1n) is 4.70. The van der Waals surface area contributed by atoms with Gasteiger partial charge in [-0.3, -0.25) is 5.32 Å². The Labute approximate surface area is 85.6 Å². The van der Waals surface area contributed by atoms with Crippen molar-refractivity contribution in [2.45, 2.75) is 32.0 Å². The molecule has 2 rings (SSSR count). The molecule has 0 amide bonds. The van der Waals surface area contributed by atoms with E-state index in [0.29, 0.717) is 12.0 Å².